The number of carbonyl (C=O) groups is 1. The van der Waals surface area contributed by atoms with E-state index in [9.17, 15) is 4.79 Å². The highest BCUT2D eigenvalue weighted by Crippen LogP contribution is 2.18. The number of carbonyl (C=O) groups excluding carboxylic acids is 1. The van der Waals surface area contributed by atoms with Crippen LogP contribution in [0.15, 0.2) is 42.1 Å². The molecular weight excluding hydrogens is 236 g/mol. The Labute approximate surface area is 115 Å². The van der Waals surface area contributed by atoms with Gasteiger partial charge in [-0.3, -0.25) is 4.79 Å². The maximum absolute atomic E-state index is 11.8. The molecular formula is C16H22N2O. The molecule has 1 fully saturated rings. The van der Waals surface area contributed by atoms with Gasteiger partial charge in [0.25, 0.3) is 0 Å². The summed E-state index contributed by atoms with van der Waals surface area (Å²) in [5.74, 6) is -0.0768. The molecule has 1 aromatic carbocycles. The van der Waals surface area contributed by atoms with Gasteiger partial charge in [0.1, 0.15) is 0 Å². The van der Waals surface area contributed by atoms with Crippen LogP contribution in [0.2, 0.25) is 0 Å². The standard InChI is InChI=1S/C16H22N2O/c1-13(17-14-8-4-2-5-9-14)12-16(19)18-15-10-6-3-7-11-15/h3,6-7,10-12,14,17H,2,4-5,8-9H2,1H3,(H,18,19)/b13-12-. The predicted octanol–water partition coefficient (Wildman–Crippen LogP) is 3.45. The van der Waals surface area contributed by atoms with E-state index in [2.05, 4.69) is 10.6 Å². The summed E-state index contributed by atoms with van der Waals surface area (Å²) >= 11 is 0. The van der Waals surface area contributed by atoms with Gasteiger partial charge in [-0.1, -0.05) is 37.5 Å². The van der Waals surface area contributed by atoms with Crippen LogP contribution in [-0.4, -0.2) is 11.9 Å². The highest BCUT2D eigenvalue weighted by molar-refractivity contribution is 5.99. The van der Waals surface area contributed by atoms with Crippen LogP contribution in [0.1, 0.15) is 39.0 Å². The predicted molar refractivity (Wildman–Crippen MR) is 78.8 cm³/mol. The number of hydrogen-bond donors (Lipinski definition) is 2. The smallest absolute Gasteiger partial charge is 0.250 e. The van der Waals surface area contributed by atoms with Crippen molar-refractivity contribution in [2.24, 2.45) is 0 Å². The van der Waals surface area contributed by atoms with E-state index in [0.717, 1.165) is 11.4 Å². The summed E-state index contributed by atoms with van der Waals surface area (Å²) in [7, 11) is 0. The normalized spacial score (nSPS) is 17.0. The Balaban J connectivity index is 1.83. The molecule has 2 N–H and O–H groups in total. The molecule has 1 amide bonds. The number of para-hydroxylation sites is 1. The zero-order chi connectivity index (χ0) is 13.5. The van der Waals surface area contributed by atoms with Gasteiger partial charge < -0.3 is 10.6 Å². The van der Waals surface area contributed by atoms with Crippen molar-refractivity contribution in [2.45, 2.75) is 45.1 Å². The fourth-order valence-corrected chi connectivity index (χ4v) is 2.51. The Kier molecular flexibility index (Phi) is 5.01. The summed E-state index contributed by atoms with van der Waals surface area (Å²) < 4.78 is 0. The lowest BCUT2D eigenvalue weighted by atomic mass is 9.95. The van der Waals surface area contributed by atoms with Gasteiger partial charge in [-0.25, -0.2) is 0 Å². The summed E-state index contributed by atoms with van der Waals surface area (Å²) in [6, 6.07) is 10.1. The zero-order valence-electron chi connectivity index (χ0n) is 11.5. The van der Waals surface area contributed by atoms with Crippen molar-refractivity contribution in [3.63, 3.8) is 0 Å². The second-order valence-electron chi connectivity index (χ2n) is 5.16. The van der Waals surface area contributed by atoms with Crippen molar-refractivity contribution in [2.75, 3.05) is 5.32 Å². The molecule has 102 valence electrons. The lowest BCUT2D eigenvalue weighted by Gasteiger charge is -2.24. The molecule has 19 heavy (non-hydrogen) atoms. The van der Waals surface area contributed by atoms with Crippen LogP contribution in [0, 0.1) is 0 Å². The van der Waals surface area contributed by atoms with Crippen molar-refractivity contribution >= 4 is 11.6 Å². The molecule has 0 unspecified atom stereocenters. The zero-order valence-corrected chi connectivity index (χ0v) is 11.5. The number of rotatable bonds is 4. The summed E-state index contributed by atoms with van der Waals surface area (Å²) in [6.07, 6.45) is 8.00. The maximum atomic E-state index is 11.8. The van der Waals surface area contributed by atoms with Crippen molar-refractivity contribution in [3.05, 3.63) is 42.1 Å². The molecule has 0 aromatic heterocycles. The average molecular weight is 258 g/mol. The molecule has 3 heteroatoms. The van der Waals surface area contributed by atoms with E-state index >= 15 is 0 Å². The van der Waals surface area contributed by atoms with Gasteiger partial charge in [-0.2, -0.15) is 0 Å². The van der Waals surface area contributed by atoms with E-state index < -0.39 is 0 Å². The maximum Gasteiger partial charge on any atom is 0.250 e. The van der Waals surface area contributed by atoms with Gasteiger partial charge in [0, 0.05) is 23.5 Å². The van der Waals surface area contributed by atoms with Crippen LogP contribution in [-0.2, 0) is 4.79 Å². The molecule has 0 aliphatic heterocycles. The largest absolute Gasteiger partial charge is 0.386 e. The van der Waals surface area contributed by atoms with Gasteiger partial charge in [-0.05, 0) is 31.9 Å². The van der Waals surface area contributed by atoms with Crippen LogP contribution in [0.3, 0.4) is 0 Å². The van der Waals surface area contributed by atoms with Gasteiger partial charge in [0.05, 0.1) is 0 Å². The lowest BCUT2D eigenvalue weighted by Crippen LogP contribution is -2.30. The SMILES string of the molecule is C/C(=C/C(=O)Nc1ccccc1)NC1CCCCC1. The van der Waals surface area contributed by atoms with Crippen molar-refractivity contribution < 1.29 is 4.79 Å². The number of amides is 1. The molecule has 1 aliphatic rings. The number of benzene rings is 1. The molecule has 0 radical (unpaired) electrons. The van der Waals surface area contributed by atoms with Gasteiger partial charge in [0.2, 0.25) is 5.91 Å². The molecule has 0 bridgehead atoms. The lowest BCUT2D eigenvalue weighted by molar-refractivity contribution is -0.112. The number of hydrogen-bond acceptors (Lipinski definition) is 2. The van der Waals surface area contributed by atoms with E-state index in [-0.39, 0.29) is 5.91 Å². The molecule has 3 nitrogen and oxygen atoms in total. The molecule has 1 aliphatic carbocycles. The van der Waals surface area contributed by atoms with Gasteiger partial charge in [0.15, 0.2) is 0 Å². The summed E-state index contributed by atoms with van der Waals surface area (Å²) in [5, 5.41) is 6.29. The Morgan fingerprint density at radius 1 is 1.16 bits per heavy atom. The molecule has 1 saturated carbocycles. The minimum Gasteiger partial charge on any atom is -0.386 e. The highest BCUT2D eigenvalue weighted by Gasteiger charge is 2.12. The second kappa shape index (κ2) is 6.98. The first-order valence-corrected chi connectivity index (χ1v) is 7.05. The molecule has 0 spiro atoms. The molecule has 1 aromatic rings. The molecule has 0 heterocycles. The number of anilines is 1. The van der Waals surface area contributed by atoms with Crippen molar-refractivity contribution in [1.82, 2.24) is 5.32 Å². The monoisotopic (exact) mass is 258 g/mol. The number of nitrogens with one attached hydrogen (secondary N) is 2. The molecule has 2 rings (SSSR count). The Hall–Kier alpha value is -1.77. The van der Waals surface area contributed by atoms with E-state index in [1.165, 1.54) is 32.1 Å². The van der Waals surface area contributed by atoms with E-state index in [1.54, 1.807) is 6.08 Å². The first-order valence-electron chi connectivity index (χ1n) is 7.05. The Morgan fingerprint density at radius 2 is 1.84 bits per heavy atom. The van der Waals surface area contributed by atoms with E-state index in [0.29, 0.717) is 6.04 Å². The average Bonchev–Trinajstić information content (AvgIpc) is 2.40. The first kappa shape index (κ1) is 13.7. The van der Waals surface area contributed by atoms with E-state index in [4.69, 9.17) is 0 Å². The summed E-state index contributed by atoms with van der Waals surface area (Å²) in [4.78, 5) is 11.8. The summed E-state index contributed by atoms with van der Waals surface area (Å²) in [5.41, 5.74) is 1.77. The fourth-order valence-electron chi connectivity index (χ4n) is 2.51. The fraction of sp³-hybridized carbons (Fsp3) is 0.438. The minimum atomic E-state index is -0.0768. The highest BCUT2D eigenvalue weighted by atomic mass is 16.1. The van der Waals surface area contributed by atoms with Crippen LogP contribution >= 0.6 is 0 Å². The Bertz CT molecular complexity index is 433. The molecule has 0 atom stereocenters. The molecule has 0 saturated heterocycles. The first-order chi connectivity index (χ1) is 9.24. The van der Waals surface area contributed by atoms with Gasteiger partial charge >= 0.3 is 0 Å². The van der Waals surface area contributed by atoms with Crippen LogP contribution in [0.5, 0.6) is 0 Å². The topological polar surface area (TPSA) is 41.1 Å². The second-order valence-corrected chi connectivity index (χ2v) is 5.16. The van der Waals surface area contributed by atoms with Crippen LogP contribution in [0.4, 0.5) is 5.69 Å². The third kappa shape index (κ3) is 4.78. The van der Waals surface area contributed by atoms with Gasteiger partial charge in [-0.15, -0.1) is 0 Å². The van der Waals surface area contributed by atoms with Crippen molar-refractivity contribution in [1.29, 1.82) is 0 Å². The minimum absolute atomic E-state index is 0.0768. The van der Waals surface area contributed by atoms with E-state index in [1.807, 2.05) is 37.3 Å². The van der Waals surface area contributed by atoms with Crippen molar-refractivity contribution in [3.8, 4) is 0 Å². The third-order valence-corrected chi connectivity index (χ3v) is 3.43. The van der Waals surface area contributed by atoms with Crippen LogP contribution in [0.25, 0.3) is 0 Å². The van der Waals surface area contributed by atoms with Crippen LogP contribution < -0.4 is 10.6 Å². The number of allylic oxidation sites excluding steroid dienone is 1. The quantitative estimate of drug-likeness (QED) is 0.812. The third-order valence-electron chi connectivity index (χ3n) is 3.43. The Morgan fingerprint density at radius 3 is 2.53 bits per heavy atom. The summed E-state index contributed by atoms with van der Waals surface area (Å²) in [6.45, 7) is 1.96.